The second-order valence-electron chi connectivity index (χ2n) is 5.79. The monoisotopic (exact) mass is 354 g/mol. The zero-order valence-electron chi connectivity index (χ0n) is 13.7. The molecule has 0 atom stereocenters. The number of H-pyrrole nitrogens is 1. The third-order valence-electron chi connectivity index (χ3n) is 3.99. The number of aryl methyl sites for hydroxylation is 1. The number of hydrogen-bond acceptors (Lipinski definition) is 5. The smallest absolute Gasteiger partial charge is 0.258 e. The molecule has 0 radical (unpaired) electrons. The lowest BCUT2D eigenvalue weighted by molar-refractivity contribution is 0.297. The summed E-state index contributed by atoms with van der Waals surface area (Å²) in [6.45, 7) is 1.38. The van der Waals surface area contributed by atoms with Gasteiger partial charge in [0.05, 0.1) is 24.1 Å². The molecule has 1 aliphatic rings. The molecule has 0 aliphatic carbocycles. The van der Waals surface area contributed by atoms with E-state index in [9.17, 15) is 4.79 Å². The summed E-state index contributed by atoms with van der Waals surface area (Å²) in [5.74, 6) is 3.15. The van der Waals surface area contributed by atoms with Crippen LogP contribution in [-0.2, 0) is 6.42 Å². The maximum absolute atomic E-state index is 12.1. The fourth-order valence-corrected chi connectivity index (χ4v) is 3.64. The van der Waals surface area contributed by atoms with Gasteiger partial charge in [-0.3, -0.25) is 4.79 Å². The number of hydrogen-bond donors (Lipinski definition) is 1. The summed E-state index contributed by atoms with van der Waals surface area (Å²) in [5.41, 5.74) is 0.656. The molecule has 2 heterocycles. The van der Waals surface area contributed by atoms with E-state index in [0.717, 1.165) is 34.1 Å². The molecule has 0 saturated heterocycles. The first-order chi connectivity index (χ1) is 12.3. The zero-order valence-corrected chi connectivity index (χ0v) is 14.5. The quantitative estimate of drug-likeness (QED) is 0.727. The molecule has 0 fully saturated rings. The van der Waals surface area contributed by atoms with Gasteiger partial charge in [-0.2, -0.15) is 0 Å². The molecule has 2 aromatic carbocycles. The molecule has 5 nitrogen and oxygen atoms in total. The van der Waals surface area contributed by atoms with Gasteiger partial charge in [-0.05, 0) is 30.3 Å². The van der Waals surface area contributed by atoms with Crippen LogP contribution in [0.3, 0.4) is 0 Å². The lowest BCUT2D eigenvalue weighted by Gasteiger charge is -2.09. The van der Waals surface area contributed by atoms with Crippen LogP contribution in [0.1, 0.15) is 12.2 Å². The van der Waals surface area contributed by atoms with Crippen molar-refractivity contribution in [3.05, 3.63) is 58.6 Å². The average Bonchev–Trinajstić information content (AvgIpc) is 2.87. The van der Waals surface area contributed by atoms with E-state index in [0.29, 0.717) is 30.8 Å². The third-order valence-corrected chi connectivity index (χ3v) is 4.98. The van der Waals surface area contributed by atoms with Crippen molar-refractivity contribution in [3.63, 3.8) is 0 Å². The van der Waals surface area contributed by atoms with Crippen molar-refractivity contribution in [2.75, 3.05) is 19.0 Å². The maximum Gasteiger partial charge on any atom is 0.258 e. The Morgan fingerprint density at radius 3 is 2.84 bits per heavy atom. The Bertz CT molecular complexity index is 955. The Morgan fingerprint density at radius 2 is 1.92 bits per heavy atom. The van der Waals surface area contributed by atoms with Crippen LogP contribution in [0.15, 0.2) is 52.2 Å². The van der Waals surface area contributed by atoms with Gasteiger partial charge < -0.3 is 14.5 Å². The van der Waals surface area contributed by atoms with E-state index < -0.39 is 0 Å². The highest BCUT2D eigenvalue weighted by atomic mass is 32.2. The molecule has 1 N–H and O–H groups in total. The fraction of sp³-hybridized carbons (Fsp3) is 0.263. The normalized spacial score (nSPS) is 13.6. The van der Waals surface area contributed by atoms with E-state index in [-0.39, 0.29) is 5.56 Å². The van der Waals surface area contributed by atoms with E-state index in [1.807, 2.05) is 36.4 Å². The maximum atomic E-state index is 12.1. The van der Waals surface area contributed by atoms with E-state index in [2.05, 4.69) is 9.97 Å². The van der Waals surface area contributed by atoms with Crippen molar-refractivity contribution < 1.29 is 9.47 Å². The second-order valence-corrected chi connectivity index (χ2v) is 6.96. The topological polar surface area (TPSA) is 64.2 Å². The Morgan fingerprint density at radius 1 is 1.08 bits per heavy atom. The Labute approximate surface area is 149 Å². The number of nitrogens with zero attached hydrogens (tertiary/aromatic N) is 1. The second kappa shape index (κ2) is 7.19. The van der Waals surface area contributed by atoms with Gasteiger partial charge in [0.15, 0.2) is 11.5 Å². The Hall–Kier alpha value is -2.47. The standard InChI is InChI=1S/C19H18N2O3S/c22-19-14-4-1-2-5-15(14)20-18(21-19)8-11-25-13-6-7-16-17(12-13)24-10-3-9-23-16/h1-2,4-7,12H,3,8-11H2,(H,20,21,22). The van der Waals surface area contributed by atoms with Crippen LogP contribution >= 0.6 is 11.8 Å². The van der Waals surface area contributed by atoms with Crippen LogP contribution in [0.4, 0.5) is 0 Å². The summed E-state index contributed by atoms with van der Waals surface area (Å²) < 4.78 is 11.4. The first-order valence-electron chi connectivity index (χ1n) is 8.30. The summed E-state index contributed by atoms with van der Waals surface area (Å²) in [6, 6.07) is 13.4. The van der Waals surface area contributed by atoms with Crippen molar-refractivity contribution in [1.82, 2.24) is 9.97 Å². The fourth-order valence-electron chi connectivity index (χ4n) is 2.75. The number of ether oxygens (including phenoxy) is 2. The summed E-state index contributed by atoms with van der Waals surface area (Å²) in [6.07, 6.45) is 1.59. The molecule has 128 valence electrons. The number of thioether (sulfide) groups is 1. The van der Waals surface area contributed by atoms with Crippen LogP contribution in [0.2, 0.25) is 0 Å². The van der Waals surface area contributed by atoms with Crippen LogP contribution in [0.25, 0.3) is 10.9 Å². The zero-order chi connectivity index (χ0) is 17.1. The molecule has 3 aromatic rings. The first-order valence-corrected chi connectivity index (χ1v) is 9.28. The van der Waals surface area contributed by atoms with Crippen LogP contribution in [-0.4, -0.2) is 28.9 Å². The van der Waals surface area contributed by atoms with Gasteiger partial charge >= 0.3 is 0 Å². The van der Waals surface area contributed by atoms with E-state index in [1.54, 1.807) is 17.8 Å². The number of fused-ring (bicyclic) bond motifs is 2. The van der Waals surface area contributed by atoms with E-state index in [1.165, 1.54) is 0 Å². The predicted octanol–water partition coefficient (Wildman–Crippen LogP) is 3.42. The average molecular weight is 354 g/mol. The minimum absolute atomic E-state index is 0.0822. The van der Waals surface area contributed by atoms with Gasteiger partial charge in [-0.15, -0.1) is 11.8 Å². The molecule has 0 amide bonds. The van der Waals surface area contributed by atoms with Gasteiger partial charge in [-0.1, -0.05) is 12.1 Å². The summed E-state index contributed by atoms with van der Waals surface area (Å²) >= 11 is 1.71. The number of rotatable bonds is 4. The summed E-state index contributed by atoms with van der Waals surface area (Å²) in [4.78, 5) is 20.6. The minimum Gasteiger partial charge on any atom is -0.490 e. The van der Waals surface area contributed by atoms with Crippen molar-refractivity contribution in [3.8, 4) is 11.5 Å². The molecular weight excluding hydrogens is 336 g/mol. The SMILES string of the molecule is O=c1[nH]c(CCSc2ccc3c(c2)OCCCO3)nc2ccccc12. The first kappa shape index (κ1) is 16.0. The highest BCUT2D eigenvalue weighted by Gasteiger charge is 2.11. The molecule has 0 unspecified atom stereocenters. The van der Waals surface area contributed by atoms with Gasteiger partial charge in [-0.25, -0.2) is 4.98 Å². The van der Waals surface area contributed by atoms with Gasteiger partial charge in [0.2, 0.25) is 0 Å². The van der Waals surface area contributed by atoms with Gasteiger partial charge in [0.1, 0.15) is 5.82 Å². The van der Waals surface area contributed by atoms with Crippen molar-refractivity contribution in [2.24, 2.45) is 0 Å². The number of benzene rings is 2. The van der Waals surface area contributed by atoms with Crippen LogP contribution in [0, 0.1) is 0 Å². The Balaban J connectivity index is 1.44. The highest BCUT2D eigenvalue weighted by molar-refractivity contribution is 7.99. The van der Waals surface area contributed by atoms with E-state index >= 15 is 0 Å². The highest BCUT2D eigenvalue weighted by Crippen LogP contribution is 2.33. The largest absolute Gasteiger partial charge is 0.490 e. The molecule has 6 heteroatoms. The van der Waals surface area contributed by atoms with Gasteiger partial charge in [0, 0.05) is 23.5 Å². The minimum atomic E-state index is -0.0822. The van der Waals surface area contributed by atoms with Crippen molar-refractivity contribution >= 4 is 22.7 Å². The molecule has 25 heavy (non-hydrogen) atoms. The molecule has 0 saturated carbocycles. The summed E-state index contributed by atoms with van der Waals surface area (Å²) in [5, 5.41) is 0.627. The number of aromatic amines is 1. The number of para-hydroxylation sites is 1. The number of nitrogens with one attached hydrogen (secondary N) is 1. The van der Waals surface area contributed by atoms with Crippen molar-refractivity contribution in [1.29, 1.82) is 0 Å². The van der Waals surface area contributed by atoms with Gasteiger partial charge in [0.25, 0.3) is 5.56 Å². The molecule has 1 aromatic heterocycles. The third kappa shape index (κ3) is 3.64. The predicted molar refractivity (Wildman–Crippen MR) is 98.8 cm³/mol. The summed E-state index contributed by atoms with van der Waals surface area (Å²) in [7, 11) is 0. The number of aromatic nitrogens is 2. The lowest BCUT2D eigenvalue weighted by atomic mass is 10.2. The molecule has 0 spiro atoms. The lowest BCUT2D eigenvalue weighted by Crippen LogP contribution is -2.12. The van der Waals surface area contributed by atoms with Crippen molar-refractivity contribution in [2.45, 2.75) is 17.7 Å². The molecule has 0 bridgehead atoms. The molecule has 4 rings (SSSR count). The van der Waals surface area contributed by atoms with Crippen LogP contribution in [0.5, 0.6) is 11.5 Å². The molecular formula is C19H18N2O3S. The van der Waals surface area contributed by atoms with Crippen LogP contribution < -0.4 is 15.0 Å². The Kier molecular flexibility index (Phi) is 4.61. The van der Waals surface area contributed by atoms with E-state index in [4.69, 9.17) is 9.47 Å². The molecule has 1 aliphatic heterocycles.